The van der Waals surface area contributed by atoms with E-state index in [4.69, 9.17) is 0 Å². The minimum Gasteiger partial charge on any atom is -0.396 e. The smallest absolute Gasteiger partial charge is 0.126 e. The van der Waals surface area contributed by atoms with Crippen LogP contribution in [0, 0.1) is 11.6 Å². The summed E-state index contributed by atoms with van der Waals surface area (Å²) >= 11 is 0. The monoisotopic (exact) mass is 298 g/mol. The van der Waals surface area contributed by atoms with Crippen molar-refractivity contribution in [3.63, 3.8) is 0 Å². The summed E-state index contributed by atoms with van der Waals surface area (Å²) in [7, 11) is 0. The Kier molecular flexibility index (Phi) is 5.67. The average Bonchev–Trinajstić information content (AvgIpc) is 2.37. The number of benzene rings is 1. The summed E-state index contributed by atoms with van der Waals surface area (Å²) in [5.41, 5.74) is 0.660. The lowest BCUT2D eigenvalue weighted by molar-refractivity contribution is 0.0349. The largest absolute Gasteiger partial charge is 0.396 e. The second-order valence-electron chi connectivity index (χ2n) is 6.01. The highest BCUT2D eigenvalue weighted by Crippen LogP contribution is 2.18. The lowest BCUT2D eigenvalue weighted by Crippen LogP contribution is -2.55. The van der Waals surface area contributed by atoms with Gasteiger partial charge >= 0.3 is 0 Å². The lowest BCUT2D eigenvalue weighted by Gasteiger charge is -2.43. The van der Waals surface area contributed by atoms with Crippen LogP contribution in [-0.4, -0.2) is 53.2 Å². The van der Waals surface area contributed by atoms with Gasteiger partial charge in [-0.05, 0) is 38.0 Å². The topological polar surface area (TPSA) is 26.7 Å². The van der Waals surface area contributed by atoms with E-state index >= 15 is 0 Å². The number of rotatable bonds is 5. The summed E-state index contributed by atoms with van der Waals surface area (Å²) in [5, 5.41) is 9.22. The normalized spacial score (nSPS) is 21.1. The predicted octanol–water partition coefficient (Wildman–Crippen LogP) is 2.24. The number of nitrogens with zero attached hydrogens (tertiary/aromatic N) is 2. The third kappa shape index (κ3) is 4.46. The molecule has 118 valence electrons. The van der Waals surface area contributed by atoms with E-state index < -0.39 is 11.6 Å². The fourth-order valence-corrected chi connectivity index (χ4v) is 3.12. The molecule has 0 saturated carbocycles. The van der Waals surface area contributed by atoms with Gasteiger partial charge in [0.2, 0.25) is 0 Å². The van der Waals surface area contributed by atoms with Gasteiger partial charge in [0.25, 0.3) is 0 Å². The Bertz CT molecular complexity index is 447. The summed E-state index contributed by atoms with van der Waals surface area (Å²) < 4.78 is 26.5. The average molecular weight is 298 g/mol. The van der Waals surface area contributed by atoms with E-state index in [1.165, 1.54) is 12.1 Å². The van der Waals surface area contributed by atoms with Crippen LogP contribution < -0.4 is 0 Å². The number of hydrogen-bond acceptors (Lipinski definition) is 3. The van der Waals surface area contributed by atoms with Crippen LogP contribution in [0.4, 0.5) is 8.78 Å². The fourth-order valence-electron chi connectivity index (χ4n) is 3.12. The molecule has 0 bridgehead atoms. The van der Waals surface area contributed by atoms with Gasteiger partial charge in [-0.1, -0.05) is 0 Å². The van der Waals surface area contributed by atoms with E-state index in [1.54, 1.807) is 0 Å². The van der Waals surface area contributed by atoms with Crippen LogP contribution >= 0.6 is 0 Å². The first-order valence-electron chi connectivity index (χ1n) is 7.53. The molecule has 1 saturated heterocycles. The van der Waals surface area contributed by atoms with Gasteiger partial charge in [0.05, 0.1) is 0 Å². The highest BCUT2D eigenvalue weighted by atomic mass is 19.1. The van der Waals surface area contributed by atoms with Gasteiger partial charge in [-0.2, -0.15) is 0 Å². The van der Waals surface area contributed by atoms with Crippen LogP contribution in [-0.2, 0) is 6.54 Å². The molecule has 1 aromatic rings. The Morgan fingerprint density at radius 2 is 1.86 bits per heavy atom. The molecule has 1 fully saturated rings. The Morgan fingerprint density at radius 1 is 1.19 bits per heavy atom. The van der Waals surface area contributed by atoms with Gasteiger partial charge in [-0.15, -0.1) is 0 Å². The molecule has 0 radical (unpaired) electrons. The quantitative estimate of drug-likeness (QED) is 0.903. The summed E-state index contributed by atoms with van der Waals surface area (Å²) in [5.74, 6) is -1.06. The molecule has 1 N–H and O–H groups in total. The molecule has 2 rings (SSSR count). The molecule has 0 spiro atoms. The number of piperazine rings is 1. The van der Waals surface area contributed by atoms with Crippen molar-refractivity contribution in [3.05, 3.63) is 35.4 Å². The maximum absolute atomic E-state index is 13.2. The van der Waals surface area contributed by atoms with E-state index in [2.05, 4.69) is 23.6 Å². The minimum absolute atomic E-state index is 0.163. The standard InChI is InChI=1S/C16H24F2N2O/c1-12(2)20-5-4-19(11-16(20)3-6-21)10-13-7-14(17)9-15(18)8-13/h7-9,12,16,21H,3-6,10-11H2,1-2H3. The zero-order valence-electron chi connectivity index (χ0n) is 12.7. The van der Waals surface area contributed by atoms with Gasteiger partial charge < -0.3 is 5.11 Å². The van der Waals surface area contributed by atoms with Crippen LogP contribution in [0.25, 0.3) is 0 Å². The highest BCUT2D eigenvalue weighted by Gasteiger charge is 2.28. The van der Waals surface area contributed by atoms with Crippen molar-refractivity contribution in [2.45, 2.75) is 38.9 Å². The van der Waals surface area contributed by atoms with Crippen molar-refractivity contribution in [1.82, 2.24) is 9.80 Å². The molecule has 1 unspecified atom stereocenters. The van der Waals surface area contributed by atoms with Crippen LogP contribution in [0.5, 0.6) is 0 Å². The zero-order chi connectivity index (χ0) is 15.4. The summed E-state index contributed by atoms with van der Waals surface area (Å²) in [6, 6.07) is 4.41. The van der Waals surface area contributed by atoms with Gasteiger partial charge in [0.15, 0.2) is 0 Å². The van der Waals surface area contributed by atoms with Crippen LogP contribution in [0.3, 0.4) is 0 Å². The first-order valence-corrected chi connectivity index (χ1v) is 7.53. The van der Waals surface area contributed by atoms with E-state index in [-0.39, 0.29) is 6.61 Å². The van der Waals surface area contributed by atoms with Gasteiger partial charge in [0.1, 0.15) is 11.6 Å². The summed E-state index contributed by atoms with van der Waals surface area (Å²) in [6.45, 7) is 7.62. The number of aliphatic hydroxyl groups is 1. The molecule has 3 nitrogen and oxygen atoms in total. The second-order valence-corrected chi connectivity index (χ2v) is 6.01. The maximum atomic E-state index is 13.2. The third-order valence-corrected chi connectivity index (χ3v) is 4.07. The van der Waals surface area contributed by atoms with Crippen LogP contribution in [0.15, 0.2) is 18.2 Å². The van der Waals surface area contributed by atoms with Gasteiger partial charge in [-0.3, -0.25) is 9.80 Å². The third-order valence-electron chi connectivity index (χ3n) is 4.07. The maximum Gasteiger partial charge on any atom is 0.126 e. The zero-order valence-corrected chi connectivity index (χ0v) is 12.7. The summed E-state index contributed by atoms with van der Waals surface area (Å²) in [4.78, 5) is 4.59. The van der Waals surface area contributed by atoms with Gasteiger partial charge in [0, 0.05) is 50.9 Å². The highest BCUT2D eigenvalue weighted by molar-refractivity contribution is 5.18. The molecular weight excluding hydrogens is 274 g/mol. The Balaban J connectivity index is 2.01. The van der Waals surface area contributed by atoms with E-state index in [1.807, 2.05) is 0 Å². The number of aliphatic hydroxyl groups excluding tert-OH is 1. The first-order chi connectivity index (χ1) is 9.99. The van der Waals surface area contributed by atoms with Crippen molar-refractivity contribution in [2.24, 2.45) is 0 Å². The molecule has 21 heavy (non-hydrogen) atoms. The second kappa shape index (κ2) is 7.29. The molecule has 0 aliphatic carbocycles. The molecule has 1 aromatic carbocycles. The predicted molar refractivity (Wildman–Crippen MR) is 79.0 cm³/mol. The Labute approximate surface area is 125 Å². The van der Waals surface area contributed by atoms with E-state index in [9.17, 15) is 13.9 Å². The van der Waals surface area contributed by atoms with Crippen molar-refractivity contribution >= 4 is 0 Å². The van der Waals surface area contributed by atoms with Gasteiger partial charge in [-0.25, -0.2) is 8.78 Å². The number of hydrogen-bond donors (Lipinski definition) is 1. The molecule has 1 aliphatic heterocycles. The fraction of sp³-hybridized carbons (Fsp3) is 0.625. The minimum atomic E-state index is -0.530. The van der Waals surface area contributed by atoms with Crippen molar-refractivity contribution in [2.75, 3.05) is 26.2 Å². The molecule has 0 amide bonds. The van der Waals surface area contributed by atoms with E-state index in [0.29, 0.717) is 24.2 Å². The van der Waals surface area contributed by atoms with E-state index in [0.717, 1.165) is 32.1 Å². The SMILES string of the molecule is CC(C)N1CCN(Cc2cc(F)cc(F)c2)CC1CCO. The Hall–Kier alpha value is -1.04. The van der Waals surface area contributed by atoms with Crippen LogP contribution in [0.1, 0.15) is 25.8 Å². The van der Waals surface area contributed by atoms with Crippen molar-refractivity contribution < 1.29 is 13.9 Å². The number of halogens is 2. The molecule has 5 heteroatoms. The van der Waals surface area contributed by atoms with Crippen molar-refractivity contribution in [1.29, 1.82) is 0 Å². The molecular formula is C16H24F2N2O. The molecule has 1 aliphatic rings. The van der Waals surface area contributed by atoms with Crippen molar-refractivity contribution in [3.8, 4) is 0 Å². The first kappa shape index (κ1) is 16.3. The molecule has 1 heterocycles. The molecule has 0 aromatic heterocycles. The Morgan fingerprint density at radius 3 is 2.43 bits per heavy atom. The van der Waals surface area contributed by atoms with Crippen LogP contribution in [0.2, 0.25) is 0 Å². The molecule has 1 atom stereocenters. The summed E-state index contributed by atoms with van der Waals surface area (Å²) in [6.07, 6.45) is 0.728. The lowest BCUT2D eigenvalue weighted by atomic mass is 10.1.